The summed E-state index contributed by atoms with van der Waals surface area (Å²) in [5, 5.41) is 6.96. The molecule has 0 spiro atoms. The number of hydrogen-bond acceptors (Lipinski definition) is 6. The van der Waals surface area contributed by atoms with Crippen LogP contribution < -0.4 is 10.1 Å². The van der Waals surface area contributed by atoms with Gasteiger partial charge in [-0.15, -0.1) is 0 Å². The van der Waals surface area contributed by atoms with Gasteiger partial charge in [-0.25, -0.2) is 0 Å². The highest BCUT2D eigenvalue weighted by Crippen LogP contribution is 2.24. The van der Waals surface area contributed by atoms with E-state index in [9.17, 15) is 0 Å². The summed E-state index contributed by atoms with van der Waals surface area (Å²) in [6.07, 6.45) is -0.537. The van der Waals surface area contributed by atoms with Gasteiger partial charge >= 0.3 is 0 Å². The lowest BCUT2D eigenvalue weighted by molar-refractivity contribution is -0.109. The van der Waals surface area contributed by atoms with Crippen LogP contribution in [-0.2, 0) is 9.47 Å². The molecule has 0 aliphatic carbocycles. The van der Waals surface area contributed by atoms with Gasteiger partial charge < -0.3 is 24.1 Å². The van der Waals surface area contributed by atoms with Crippen LogP contribution in [0.15, 0.2) is 34.9 Å². The van der Waals surface area contributed by atoms with Crippen molar-refractivity contribution in [3.8, 4) is 5.75 Å². The minimum Gasteiger partial charge on any atom is -0.497 e. The molecule has 2 aromatic rings. The van der Waals surface area contributed by atoms with Crippen LogP contribution in [0.4, 0.5) is 11.6 Å². The molecule has 0 saturated carbocycles. The molecule has 1 heterocycles. The van der Waals surface area contributed by atoms with Crippen molar-refractivity contribution in [2.24, 2.45) is 0 Å². The Hall–Kier alpha value is -2.05. The van der Waals surface area contributed by atoms with Crippen LogP contribution in [0, 0.1) is 0 Å². The average molecular weight is 264 g/mol. The molecule has 6 heteroatoms. The average Bonchev–Trinajstić information content (AvgIpc) is 2.89. The van der Waals surface area contributed by atoms with Crippen LogP contribution in [0.1, 0.15) is 12.0 Å². The summed E-state index contributed by atoms with van der Waals surface area (Å²) in [6.45, 7) is 0. The van der Waals surface area contributed by atoms with E-state index in [2.05, 4.69) is 10.5 Å². The maximum atomic E-state index is 5.16. The topological polar surface area (TPSA) is 65.8 Å². The second kappa shape index (κ2) is 6.21. The van der Waals surface area contributed by atoms with Gasteiger partial charge in [0.1, 0.15) is 11.4 Å². The van der Waals surface area contributed by atoms with Crippen LogP contribution in [0.2, 0.25) is 0 Å². The Bertz CT molecular complexity index is 523. The lowest BCUT2D eigenvalue weighted by Crippen LogP contribution is -2.03. The summed E-state index contributed by atoms with van der Waals surface area (Å²) in [4.78, 5) is 0. The zero-order valence-corrected chi connectivity index (χ0v) is 11.0. The standard InChI is InChI=1S/C13H16N2O4/c1-16-10-6-4-5-9(7-10)14-12-8-11(15-19-12)13(17-2)18-3/h4-8,13-14H,1-3H3. The van der Waals surface area contributed by atoms with Crippen molar-refractivity contribution in [2.75, 3.05) is 26.6 Å². The van der Waals surface area contributed by atoms with Crippen LogP contribution in [-0.4, -0.2) is 26.5 Å². The SMILES string of the molecule is COc1cccc(Nc2cc(C(OC)OC)no2)c1. The van der Waals surface area contributed by atoms with Crippen LogP contribution in [0.5, 0.6) is 5.75 Å². The number of benzene rings is 1. The van der Waals surface area contributed by atoms with E-state index >= 15 is 0 Å². The fraction of sp³-hybridized carbons (Fsp3) is 0.308. The largest absolute Gasteiger partial charge is 0.497 e. The van der Waals surface area contributed by atoms with E-state index in [1.165, 1.54) is 14.2 Å². The number of methoxy groups -OCH3 is 3. The van der Waals surface area contributed by atoms with Crippen LogP contribution in [0.3, 0.4) is 0 Å². The minimum atomic E-state index is -0.537. The lowest BCUT2D eigenvalue weighted by Gasteiger charge is -2.08. The molecule has 1 aromatic carbocycles. The van der Waals surface area contributed by atoms with E-state index in [0.29, 0.717) is 11.6 Å². The van der Waals surface area contributed by atoms with E-state index in [1.807, 2.05) is 24.3 Å². The van der Waals surface area contributed by atoms with Crippen molar-refractivity contribution >= 4 is 11.6 Å². The van der Waals surface area contributed by atoms with Gasteiger partial charge in [-0.3, -0.25) is 0 Å². The van der Waals surface area contributed by atoms with Crippen molar-refractivity contribution in [2.45, 2.75) is 6.29 Å². The number of rotatable bonds is 6. The summed E-state index contributed by atoms with van der Waals surface area (Å²) < 4.78 is 20.5. The van der Waals surface area contributed by atoms with Crippen molar-refractivity contribution in [1.29, 1.82) is 0 Å². The molecule has 0 aliphatic rings. The molecule has 0 aliphatic heterocycles. The van der Waals surface area contributed by atoms with Gasteiger partial charge in [0.2, 0.25) is 12.2 Å². The first kappa shape index (κ1) is 13.4. The number of anilines is 2. The number of aromatic nitrogens is 1. The molecule has 0 radical (unpaired) electrons. The molecular formula is C13H16N2O4. The fourth-order valence-electron chi connectivity index (χ4n) is 1.64. The summed E-state index contributed by atoms with van der Waals surface area (Å²) in [5.74, 6) is 1.26. The third-order valence-electron chi connectivity index (χ3n) is 2.54. The molecule has 19 heavy (non-hydrogen) atoms. The third-order valence-corrected chi connectivity index (χ3v) is 2.54. The van der Waals surface area contributed by atoms with Gasteiger partial charge in [-0.2, -0.15) is 0 Å². The first-order valence-corrected chi connectivity index (χ1v) is 5.70. The highest BCUT2D eigenvalue weighted by atomic mass is 16.7. The highest BCUT2D eigenvalue weighted by molar-refractivity contribution is 5.57. The van der Waals surface area contributed by atoms with Crippen LogP contribution >= 0.6 is 0 Å². The Labute approximate surface area is 111 Å². The predicted molar refractivity (Wildman–Crippen MR) is 69.5 cm³/mol. The van der Waals surface area contributed by atoms with Crippen molar-refractivity contribution < 1.29 is 18.7 Å². The molecule has 6 nitrogen and oxygen atoms in total. The molecule has 0 amide bonds. The summed E-state index contributed by atoms with van der Waals surface area (Å²) >= 11 is 0. The van der Waals surface area contributed by atoms with Gasteiger partial charge in [0.05, 0.1) is 7.11 Å². The number of nitrogens with one attached hydrogen (secondary N) is 1. The summed E-state index contributed by atoms with van der Waals surface area (Å²) in [7, 11) is 4.70. The van der Waals surface area contributed by atoms with Gasteiger partial charge in [0, 0.05) is 32.0 Å². The second-order valence-corrected chi connectivity index (χ2v) is 3.78. The van der Waals surface area contributed by atoms with Gasteiger partial charge in [0.15, 0.2) is 0 Å². The second-order valence-electron chi connectivity index (χ2n) is 3.78. The Morgan fingerprint density at radius 1 is 1.16 bits per heavy atom. The zero-order chi connectivity index (χ0) is 13.7. The first-order chi connectivity index (χ1) is 9.26. The zero-order valence-electron chi connectivity index (χ0n) is 11.0. The predicted octanol–water partition coefficient (Wildman–Crippen LogP) is 2.72. The maximum absolute atomic E-state index is 5.16. The van der Waals surface area contributed by atoms with E-state index < -0.39 is 6.29 Å². The molecule has 0 unspecified atom stereocenters. The summed E-state index contributed by atoms with van der Waals surface area (Å²) in [6, 6.07) is 9.22. The normalized spacial score (nSPS) is 10.7. The van der Waals surface area contributed by atoms with E-state index in [1.54, 1.807) is 13.2 Å². The molecular weight excluding hydrogens is 248 g/mol. The van der Waals surface area contributed by atoms with E-state index in [4.69, 9.17) is 18.7 Å². The number of nitrogens with zero attached hydrogens (tertiary/aromatic N) is 1. The van der Waals surface area contributed by atoms with Crippen molar-refractivity contribution in [3.05, 3.63) is 36.0 Å². The third kappa shape index (κ3) is 3.24. The van der Waals surface area contributed by atoms with E-state index in [-0.39, 0.29) is 0 Å². The quantitative estimate of drug-likeness (QED) is 0.809. The Balaban J connectivity index is 2.10. The monoisotopic (exact) mass is 264 g/mol. The molecule has 0 atom stereocenters. The molecule has 102 valence electrons. The van der Waals surface area contributed by atoms with Crippen molar-refractivity contribution in [3.63, 3.8) is 0 Å². The smallest absolute Gasteiger partial charge is 0.229 e. The van der Waals surface area contributed by atoms with Crippen LogP contribution in [0.25, 0.3) is 0 Å². The molecule has 0 fully saturated rings. The Morgan fingerprint density at radius 3 is 2.63 bits per heavy atom. The lowest BCUT2D eigenvalue weighted by atomic mass is 10.3. The molecule has 0 saturated heterocycles. The van der Waals surface area contributed by atoms with E-state index in [0.717, 1.165) is 11.4 Å². The van der Waals surface area contributed by atoms with Gasteiger partial charge in [0.25, 0.3) is 0 Å². The Morgan fingerprint density at radius 2 is 1.95 bits per heavy atom. The Kier molecular flexibility index (Phi) is 4.38. The number of ether oxygens (including phenoxy) is 3. The fourth-order valence-corrected chi connectivity index (χ4v) is 1.64. The minimum absolute atomic E-state index is 0.502. The van der Waals surface area contributed by atoms with Gasteiger partial charge in [-0.05, 0) is 12.1 Å². The highest BCUT2D eigenvalue weighted by Gasteiger charge is 2.15. The van der Waals surface area contributed by atoms with Crippen molar-refractivity contribution in [1.82, 2.24) is 5.16 Å². The van der Waals surface area contributed by atoms with Gasteiger partial charge in [-0.1, -0.05) is 11.2 Å². The molecule has 1 N–H and O–H groups in total. The maximum Gasteiger partial charge on any atom is 0.229 e. The molecule has 0 bridgehead atoms. The first-order valence-electron chi connectivity index (χ1n) is 5.70. The molecule has 2 rings (SSSR count). The summed E-state index contributed by atoms with van der Waals surface area (Å²) in [5.41, 5.74) is 1.41. The molecule has 1 aromatic heterocycles. The number of hydrogen-bond donors (Lipinski definition) is 1.